The summed E-state index contributed by atoms with van der Waals surface area (Å²) >= 11 is 0. The third-order valence-electron chi connectivity index (χ3n) is 4.76. The Morgan fingerprint density at radius 2 is 1.67 bits per heavy atom. The highest BCUT2D eigenvalue weighted by molar-refractivity contribution is 5.93. The van der Waals surface area contributed by atoms with Gasteiger partial charge in [-0.3, -0.25) is 9.69 Å². The van der Waals surface area contributed by atoms with Gasteiger partial charge in [-0.25, -0.2) is 4.79 Å². The monoisotopic (exact) mass is 365 g/mol. The molecular weight excluding hydrogens is 338 g/mol. The Balaban J connectivity index is 1.75. The summed E-state index contributed by atoms with van der Waals surface area (Å²) in [5, 5.41) is 3.05. The van der Waals surface area contributed by atoms with Gasteiger partial charge in [0, 0.05) is 24.2 Å². The number of likely N-dealkylation sites (tertiary alicyclic amines) is 1. The molecule has 0 saturated carbocycles. The van der Waals surface area contributed by atoms with Crippen LogP contribution in [0, 0.1) is 0 Å². The van der Waals surface area contributed by atoms with Gasteiger partial charge < -0.3 is 10.2 Å². The summed E-state index contributed by atoms with van der Waals surface area (Å²) in [6.45, 7) is 7.06. The molecule has 1 aliphatic heterocycles. The van der Waals surface area contributed by atoms with Crippen molar-refractivity contribution in [1.82, 2.24) is 10.2 Å². The first kappa shape index (κ1) is 19.0. The van der Waals surface area contributed by atoms with Crippen molar-refractivity contribution in [2.75, 3.05) is 11.4 Å². The Morgan fingerprint density at radius 1 is 1.07 bits per heavy atom. The molecule has 3 rings (SSSR count). The molecule has 5 heteroatoms. The van der Waals surface area contributed by atoms with E-state index in [1.54, 1.807) is 4.90 Å². The van der Waals surface area contributed by atoms with E-state index in [1.165, 1.54) is 0 Å². The molecule has 1 aliphatic rings. The molecule has 2 aromatic carbocycles. The molecule has 0 radical (unpaired) electrons. The van der Waals surface area contributed by atoms with E-state index in [9.17, 15) is 9.59 Å². The van der Waals surface area contributed by atoms with Crippen LogP contribution < -0.4 is 10.2 Å². The highest BCUT2D eigenvalue weighted by Gasteiger charge is 2.37. The van der Waals surface area contributed by atoms with E-state index >= 15 is 0 Å². The number of benzene rings is 2. The SMILES string of the molecule is CC(C)(C)N1CC(NC(=O)N(Cc2ccccc2)c2ccccc2)CC1=O. The van der Waals surface area contributed by atoms with Crippen molar-refractivity contribution in [2.45, 2.75) is 45.3 Å². The van der Waals surface area contributed by atoms with Crippen molar-refractivity contribution >= 4 is 17.6 Å². The molecule has 1 saturated heterocycles. The maximum Gasteiger partial charge on any atom is 0.322 e. The molecule has 0 aromatic heterocycles. The van der Waals surface area contributed by atoms with Crippen LogP contribution in [0.4, 0.5) is 10.5 Å². The predicted molar refractivity (Wildman–Crippen MR) is 107 cm³/mol. The first-order chi connectivity index (χ1) is 12.8. The molecule has 1 fully saturated rings. The molecule has 142 valence electrons. The third-order valence-corrected chi connectivity index (χ3v) is 4.76. The van der Waals surface area contributed by atoms with Crippen LogP contribution in [-0.2, 0) is 11.3 Å². The number of anilines is 1. The van der Waals surface area contributed by atoms with Crippen LogP contribution in [0.25, 0.3) is 0 Å². The van der Waals surface area contributed by atoms with Crippen molar-refractivity contribution in [3.05, 3.63) is 66.2 Å². The lowest BCUT2D eigenvalue weighted by molar-refractivity contribution is -0.131. The van der Waals surface area contributed by atoms with Gasteiger partial charge in [-0.2, -0.15) is 0 Å². The molecule has 5 nitrogen and oxygen atoms in total. The normalized spacial score (nSPS) is 17.1. The number of para-hydroxylation sites is 1. The van der Waals surface area contributed by atoms with Crippen molar-refractivity contribution in [3.63, 3.8) is 0 Å². The van der Waals surface area contributed by atoms with Gasteiger partial charge in [0.05, 0.1) is 12.6 Å². The number of carbonyl (C=O) groups excluding carboxylic acids is 2. The second-order valence-corrected chi connectivity index (χ2v) is 7.93. The Bertz CT molecular complexity index is 784. The fourth-order valence-corrected chi connectivity index (χ4v) is 3.36. The summed E-state index contributed by atoms with van der Waals surface area (Å²) in [5.74, 6) is 0.0853. The van der Waals surface area contributed by atoms with Crippen LogP contribution in [0.2, 0.25) is 0 Å². The number of rotatable bonds is 4. The fourth-order valence-electron chi connectivity index (χ4n) is 3.36. The molecule has 27 heavy (non-hydrogen) atoms. The Labute approximate surface area is 161 Å². The highest BCUT2D eigenvalue weighted by atomic mass is 16.2. The van der Waals surface area contributed by atoms with E-state index in [-0.39, 0.29) is 23.5 Å². The van der Waals surface area contributed by atoms with E-state index in [2.05, 4.69) is 5.32 Å². The quantitative estimate of drug-likeness (QED) is 0.896. The Morgan fingerprint density at radius 3 is 2.22 bits per heavy atom. The number of hydrogen-bond acceptors (Lipinski definition) is 2. The lowest BCUT2D eigenvalue weighted by atomic mass is 10.1. The zero-order valence-corrected chi connectivity index (χ0v) is 16.2. The van der Waals surface area contributed by atoms with Gasteiger partial charge >= 0.3 is 6.03 Å². The summed E-state index contributed by atoms with van der Waals surface area (Å²) in [6, 6.07) is 19.1. The molecule has 1 atom stereocenters. The third kappa shape index (κ3) is 4.67. The lowest BCUT2D eigenvalue weighted by Gasteiger charge is -2.32. The molecular formula is C22H27N3O2. The first-order valence-electron chi connectivity index (χ1n) is 9.32. The van der Waals surface area contributed by atoms with Crippen molar-refractivity contribution in [1.29, 1.82) is 0 Å². The standard InChI is InChI=1S/C22H27N3O2/c1-22(2,3)25-16-18(14-20(25)26)23-21(27)24(19-12-8-5-9-13-19)15-17-10-6-4-7-11-17/h4-13,18H,14-16H2,1-3H3,(H,23,27). The summed E-state index contributed by atoms with van der Waals surface area (Å²) in [7, 11) is 0. The number of carbonyl (C=O) groups is 2. The van der Waals surface area contributed by atoms with E-state index in [0.29, 0.717) is 19.5 Å². The number of nitrogens with one attached hydrogen (secondary N) is 1. The van der Waals surface area contributed by atoms with Gasteiger partial charge in [-0.05, 0) is 38.5 Å². The first-order valence-corrected chi connectivity index (χ1v) is 9.32. The highest BCUT2D eigenvalue weighted by Crippen LogP contribution is 2.23. The van der Waals surface area contributed by atoms with Gasteiger partial charge in [0.2, 0.25) is 5.91 Å². The minimum atomic E-state index is -0.236. The number of amides is 3. The second kappa shape index (κ2) is 7.82. The number of hydrogen-bond donors (Lipinski definition) is 1. The van der Waals surface area contributed by atoms with Crippen molar-refractivity contribution < 1.29 is 9.59 Å². The minimum absolute atomic E-state index is 0.0853. The summed E-state index contributed by atoms with van der Waals surface area (Å²) < 4.78 is 0. The van der Waals surface area contributed by atoms with E-state index < -0.39 is 0 Å². The van der Waals surface area contributed by atoms with E-state index in [4.69, 9.17) is 0 Å². The maximum absolute atomic E-state index is 13.1. The molecule has 1 N–H and O–H groups in total. The molecule has 1 heterocycles. The average molecular weight is 365 g/mol. The van der Waals surface area contributed by atoms with Crippen molar-refractivity contribution in [2.24, 2.45) is 0 Å². The van der Waals surface area contributed by atoms with Crippen LogP contribution in [-0.4, -0.2) is 35.0 Å². The molecule has 0 bridgehead atoms. The molecule has 0 aliphatic carbocycles. The summed E-state index contributed by atoms with van der Waals surface area (Å²) in [5.41, 5.74) is 1.64. The Hall–Kier alpha value is -2.82. The Kier molecular flexibility index (Phi) is 5.49. The zero-order chi connectivity index (χ0) is 19.4. The molecule has 1 unspecified atom stereocenters. The smallest absolute Gasteiger partial charge is 0.322 e. The van der Waals surface area contributed by atoms with Gasteiger partial charge in [-0.1, -0.05) is 48.5 Å². The van der Waals surface area contributed by atoms with E-state index in [0.717, 1.165) is 11.3 Å². The zero-order valence-electron chi connectivity index (χ0n) is 16.2. The predicted octanol–water partition coefficient (Wildman–Crippen LogP) is 3.80. The number of nitrogens with zero attached hydrogens (tertiary/aromatic N) is 2. The van der Waals surface area contributed by atoms with Crippen LogP contribution >= 0.6 is 0 Å². The topological polar surface area (TPSA) is 52.7 Å². The lowest BCUT2D eigenvalue weighted by Crippen LogP contribution is -2.47. The average Bonchev–Trinajstić information content (AvgIpc) is 3.02. The summed E-state index contributed by atoms with van der Waals surface area (Å²) in [4.78, 5) is 28.9. The van der Waals surface area contributed by atoms with Crippen LogP contribution in [0.3, 0.4) is 0 Å². The minimum Gasteiger partial charge on any atom is -0.336 e. The van der Waals surface area contributed by atoms with Crippen molar-refractivity contribution in [3.8, 4) is 0 Å². The van der Waals surface area contributed by atoms with Gasteiger partial charge in [0.1, 0.15) is 0 Å². The van der Waals surface area contributed by atoms with Crippen LogP contribution in [0.15, 0.2) is 60.7 Å². The molecule has 2 aromatic rings. The van der Waals surface area contributed by atoms with Gasteiger partial charge in [0.15, 0.2) is 0 Å². The molecule has 0 spiro atoms. The number of urea groups is 1. The maximum atomic E-state index is 13.1. The second-order valence-electron chi connectivity index (χ2n) is 7.93. The van der Waals surface area contributed by atoms with E-state index in [1.807, 2.05) is 86.3 Å². The van der Waals surface area contributed by atoms with Crippen LogP contribution in [0.1, 0.15) is 32.8 Å². The fraction of sp³-hybridized carbons (Fsp3) is 0.364. The molecule has 3 amide bonds. The van der Waals surface area contributed by atoms with Gasteiger partial charge in [0.25, 0.3) is 0 Å². The summed E-state index contributed by atoms with van der Waals surface area (Å²) in [6.07, 6.45) is 0.344. The van der Waals surface area contributed by atoms with Gasteiger partial charge in [-0.15, -0.1) is 0 Å². The largest absolute Gasteiger partial charge is 0.336 e. The van der Waals surface area contributed by atoms with Crippen LogP contribution in [0.5, 0.6) is 0 Å².